The molecule has 61 heavy (non-hydrogen) atoms. The first kappa shape index (κ1) is 57.1. The third-order valence-electron chi connectivity index (χ3n) is 12.4. The molecule has 2 aromatic carbocycles. The van der Waals surface area contributed by atoms with Gasteiger partial charge >= 0.3 is 5.97 Å². The molecule has 0 spiro atoms. The number of unbranched alkanes of at least 4 members (excludes halogenated alkanes) is 28. The van der Waals surface area contributed by atoms with Crippen molar-refractivity contribution in [1.82, 2.24) is 0 Å². The molecule has 0 saturated carbocycles. The number of hydrogen-bond acceptors (Lipinski definition) is 5. The lowest BCUT2D eigenvalue weighted by Gasteiger charge is -2.40. The largest absolute Gasteiger partial charge is 0.545 e. The average molecular weight is 884 g/mol. The minimum absolute atomic E-state index is 0.144. The zero-order chi connectivity index (χ0) is 44.5. The highest BCUT2D eigenvalue weighted by molar-refractivity contribution is 8.76. The van der Waals surface area contributed by atoms with Gasteiger partial charge in [-0.3, -0.25) is 0 Å². The van der Waals surface area contributed by atoms with Crippen molar-refractivity contribution >= 4 is 33.5 Å². The van der Waals surface area contributed by atoms with E-state index < -0.39 is 11.9 Å². The van der Waals surface area contributed by atoms with Crippen molar-refractivity contribution in [2.45, 2.75) is 243 Å². The monoisotopic (exact) mass is 884 g/mol. The summed E-state index contributed by atoms with van der Waals surface area (Å²) < 4.78 is 1.48. The summed E-state index contributed by atoms with van der Waals surface area (Å²) in [6.45, 7) is 15.3. The van der Waals surface area contributed by atoms with E-state index in [4.69, 9.17) is 5.11 Å². The summed E-state index contributed by atoms with van der Waals surface area (Å²) >= 11 is 0. The number of carboxylic acid groups (broad SMARTS) is 2. The predicted octanol–water partition coefficient (Wildman–Crippen LogP) is 16.9. The highest BCUT2D eigenvalue weighted by Gasteiger charge is 2.25. The molecule has 0 aliphatic carbocycles. The van der Waals surface area contributed by atoms with E-state index in [1.165, 1.54) is 270 Å². The van der Waals surface area contributed by atoms with Crippen LogP contribution in [0.1, 0.15) is 254 Å². The Morgan fingerprint density at radius 1 is 0.393 bits per heavy atom. The Morgan fingerprint density at radius 2 is 0.623 bits per heavy atom. The Bertz CT molecular complexity index is 1140. The van der Waals surface area contributed by atoms with Gasteiger partial charge < -0.3 is 19.5 Å². The molecule has 7 heteroatoms. The Balaban J connectivity index is 0.000000766. The minimum Gasteiger partial charge on any atom is -0.545 e. The molecule has 350 valence electrons. The first-order valence-corrected chi connectivity index (χ1v) is 27.8. The number of carbonyl (C=O) groups excluding carboxylic acids is 1. The number of quaternary nitrogens is 1. The summed E-state index contributed by atoms with van der Waals surface area (Å²) in [4.78, 5) is 23.1. The second-order valence-electron chi connectivity index (χ2n) is 17.9. The Morgan fingerprint density at radius 3 is 0.852 bits per heavy atom. The fourth-order valence-electron chi connectivity index (χ4n) is 8.39. The maximum absolute atomic E-state index is 10.7. The van der Waals surface area contributed by atoms with Crippen LogP contribution in [0.2, 0.25) is 0 Å². The van der Waals surface area contributed by atoms with Gasteiger partial charge in [0.25, 0.3) is 0 Å². The number of aromatic carboxylic acids is 2. The van der Waals surface area contributed by atoms with Crippen LogP contribution >= 0.6 is 21.6 Å². The molecule has 0 bridgehead atoms. The number of carboxylic acids is 2. The molecule has 5 nitrogen and oxygen atoms in total. The lowest BCUT2D eigenvalue weighted by atomic mass is 10.0. The fourth-order valence-corrected chi connectivity index (χ4v) is 10.3. The fraction of sp³-hybridized carbons (Fsp3) is 0.741. The van der Waals surface area contributed by atoms with E-state index in [1.807, 2.05) is 0 Å². The van der Waals surface area contributed by atoms with Gasteiger partial charge in [-0.25, -0.2) is 4.79 Å². The standard InChI is InChI=1S/C40H84N.C14H10O4S2/c1-5-9-13-17-21-25-29-33-37-41(38-34-30-26-22-18-14-10-6-2,39-35-31-27-23-19-15-11-7-3)40-36-32-28-24-20-16-12-8-4;15-13(16)9-1-5-11(6-2-9)19-20-12-7-3-10(4-8-12)14(17)18/h5-40H2,1-4H3;1-8H,(H,15,16)(H,17,18)/q+1;/p-1. The second kappa shape index (κ2) is 40.8. The molecular formula is C54H93NO4S2. The Kier molecular flexibility index (Phi) is 38.2. The van der Waals surface area contributed by atoms with E-state index in [0.29, 0.717) is 0 Å². The van der Waals surface area contributed by atoms with E-state index in [1.54, 1.807) is 36.4 Å². The summed E-state index contributed by atoms with van der Waals surface area (Å²) in [5.74, 6) is -2.15. The molecule has 2 rings (SSSR count). The van der Waals surface area contributed by atoms with Gasteiger partial charge in [0.15, 0.2) is 0 Å². The second-order valence-corrected chi connectivity index (χ2v) is 20.2. The molecule has 0 fully saturated rings. The van der Waals surface area contributed by atoms with E-state index in [-0.39, 0.29) is 11.1 Å². The third kappa shape index (κ3) is 32.4. The predicted molar refractivity (Wildman–Crippen MR) is 266 cm³/mol. The van der Waals surface area contributed by atoms with Crippen LogP contribution in [-0.4, -0.2) is 47.7 Å². The van der Waals surface area contributed by atoms with E-state index in [2.05, 4.69) is 27.7 Å². The molecule has 0 radical (unpaired) electrons. The number of benzene rings is 2. The maximum Gasteiger partial charge on any atom is 0.335 e. The topological polar surface area (TPSA) is 77.4 Å². The Labute approximate surface area is 384 Å². The summed E-state index contributed by atoms with van der Waals surface area (Å²) in [7, 11) is 2.93. The number of nitrogens with zero attached hydrogens (tertiary/aromatic N) is 1. The molecule has 2 aromatic rings. The van der Waals surface area contributed by atoms with Crippen molar-refractivity contribution in [3.63, 3.8) is 0 Å². The van der Waals surface area contributed by atoms with Gasteiger partial charge in [0, 0.05) is 9.79 Å². The molecule has 0 amide bonds. The smallest absolute Gasteiger partial charge is 0.335 e. The lowest BCUT2D eigenvalue weighted by Crippen LogP contribution is -2.50. The van der Waals surface area contributed by atoms with Gasteiger partial charge in [0.05, 0.1) is 37.7 Å². The van der Waals surface area contributed by atoms with Gasteiger partial charge in [0.1, 0.15) is 0 Å². The molecule has 0 unspecified atom stereocenters. The van der Waals surface area contributed by atoms with Gasteiger partial charge in [-0.15, -0.1) is 0 Å². The summed E-state index contributed by atoms with van der Waals surface area (Å²) in [6, 6.07) is 12.9. The van der Waals surface area contributed by atoms with Crippen LogP contribution in [0.15, 0.2) is 58.3 Å². The number of carbonyl (C=O) groups is 2. The lowest BCUT2D eigenvalue weighted by molar-refractivity contribution is -0.929. The van der Waals surface area contributed by atoms with Crippen molar-refractivity contribution < 1.29 is 24.3 Å². The molecule has 0 atom stereocenters. The third-order valence-corrected chi connectivity index (χ3v) is 14.8. The van der Waals surface area contributed by atoms with Gasteiger partial charge in [-0.05, 0) is 93.3 Å². The van der Waals surface area contributed by atoms with Crippen molar-refractivity contribution in [2.24, 2.45) is 0 Å². The first-order chi connectivity index (χ1) is 29.8. The van der Waals surface area contributed by atoms with Crippen molar-refractivity contribution in [3.05, 3.63) is 59.7 Å². The van der Waals surface area contributed by atoms with Crippen LogP contribution in [-0.2, 0) is 0 Å². The molecule has 0 saturated heterocycles. The summed E-state index contributed by atoms with van der Waals surface area (Å²) in [5.41, 5.74) is 0.392. The molecule has 0 aromatic heterocycles. The first-order valence-electron chi connectivity index (χ1n) is 25.6. The van der Waals surface area contributed by atoms with Crippen molar-refractivity contribution in [2.75, 3.05) is 26.2 Å². The van der Waals surface area contributed by atoms with E-state index in [9.17, 15) is 14.7 Å². The van der Waals surface area contributed by atoms with Gasteiger partial charge in [-0.1, -0.05) is 216 Å². The highest BCUT2D eigenvalue weighted by atomic mass is 33.1. The van der Waals surface area contributed by atoms with Crippen molar-refractivity contribution in [3.8, 4) is 0 Å². The maximum atomic E-state index is 10.7. The minimum atomic E-state index is -1.20. The van der Waals surface area contributed by atoms with Crippen LogP contribution < -0.4 is 5.11 Å². The van der Waals surface area contributed by atoms with Crippen LogP contribution in [0.3, 0.4) is 0 Å². The normalized spacial score (nSPS) is 11.4. The Hall–Kier alpha value is -1.96. The average Bonchev–Trinajstić information content (AvgIpc) is 3.27. The van der Waals surface area contributed by atoms with E-state index in [0.717, 1.165) is 9.79 Å². The zero-order valence-corrected chi connectivity index (χ0v) is 41.6. The van der Waals surface area contributed by atoms with E-state index >= 15 is 0 Å². The SMILES string of the molecule is CCCCCCCCCC[N+](CCCCCCCCCC)(CCCCCCCCCC)CCCCCCCCCC.O=C([O-])c1ccc(SSc2ccc(C(=O)O)cc2)cc1. The van der Waals surface area contributed by atoms with Crippen molar-refractivity contribution in [1.29, 1.82) is 0 Å². The van der Waals surface area contributed by atoms with Crippen LogP contribution in [0.4, 0.5) is 0 Å². The molecular weight excluding hydrogens is 791 g/mol. The van der Waals surface area contributed by atoms with Crippen LogP contribution in [0.5, 0.6) is 0 Å². The van der Waals surface area contributed by atoms with Crippen LogP contribution in [0.25, 0.3) is 0 Å². The highest BCUT2D eigenvalue weighted by Crippen LogP contribution is 2.37. The van der Waals surface area contributed by atoms with Gasteiger partial charge in [-0.2, -0.15) is 0 Å². The number of rotatable bonds is 41. The molecule has 0 aliphatic heterocycles. The summed E-state index contributed by atoms with van der Waals surface area (Å²) in [6.07, 6.45) is 46.7. The summed E-state index contributed by atoms with van der Waals surface area (Å²) in [5, 5.41) is 19.4. The molecule has 1 N–H and O–H groups in total. The number of hydrogen-bond donors (Lipinski definition) is 1. The van der Waals surface area contributed by atoms with Crippen LogP contribution in [0, 0.1) is 0 Å². The molecule has 0 aliphatic rings. The van der Waals surface area contributed by atoms with Gasteiger partial charge in [0.2, 0.25) is 0 Å². The zero-order valence-electron chi connectivity index (χ0n) is 40.0. The quantitative estimate of drug-likeness (QED) is 0.0407. The molecule has 0 heterocycles.